The number of hydrazine groups is 1. The van der Waals surface area contributed by atoms with Gasteiger partial charge in [-0.2, -0.15) is 18.2 Å². The van der Waals surface area contributed by atoms with E-state index in [1.807, 2.05) is 11.1 Å². The summed E-state index contributed by atoms with van der Waals surface area (Å²) in [6, 6.07) is 5.39. The molecule has 178 valence electrons. The maximum absolute atomic E-state index is 14.1. The highest BCUT2D eigenvalue weighted by molar-refractivity contribution is 5.47. The van der Waals surface area contributed by atoms with Crippen molar-refractivity contribution in [3.8, 4) is 0 Å². The van der Waals surface area contributed by atoms with Crippen LogP contribution >= 0.6 is 0 Å². The van der Waals surface area contributed by atoms with Crippen LogP contribution < -0.4 is 21.1 Å². The zero-order chi connectivity index (χ0) is 23.3. The monoisotopic (exact) mass is 466 g/mol. The van der Waals surface area contributed by atoms with E-state index in [9.17, 15) is 17.6 Å². The van der Waals surface area contributed by atoms with Crippen molar-refractivity contribution in [1.82, 2.24) is 15.4 Å². The lowest BCUT2D eigenvalue weighted by molar-refractivity contribution is -0.137. The summed E-state index contributed by atoms with van der Waals surface area (Å²) in [7, 11) is 0. The zero-order valence-corrected chi connectivity index (χ0v) is 18.0. The summed E-state index contributed by atoms with van der Waals surface area (Å²) in [5, 5.41) is 3.21. The molecule has 0 unspecified atom stereocenters. The Hall–Kier alpha value is -3.08. The normalized spacial score (nSPS) is 19.2. The van der Waals surface area contributed by atoms with Crippen molar-refractivity contribution in [1.29, 1.82) is 0 Å². The number of morpholine rings is 1. The third-order valence-electron chi connectivity index (χ3n) is 5.68. The third-order valence-corrected chi connectivity index (χ3v) is 5.68. The summed E-state index contributed by atoms with van der Waals surface area (Å²) in [5.41, 5.74) is 6.83. The molecule has 1 saturated carbocycles. The molecule has 2 heterocycles. The van der Waals surface area contributed by atoms with E-state index in [0.717, 1.165) is 44.0 Å². The van der Waals surface area contributed by atoms with Crippen molar-refractivity contribution in [2.75, 3.05) is 41.9 Å². The molecule has 1 aromatic heterocycles. The highest BCUT2D eigenvalue weighted by Gasteiger charge is 2.30. The van der Waals surface area contributed by atoms with Crippen molar-refractivity contribution < 1.29 is 22.3 Å². The van der Waals surface area contributed by atoms with Crippen LogP contribution in [-0.2, 0) is 10.9 Å². The maximum atomic E-state index is 14.1. The first kappa shape index (κ1) is 23.1. The Kier molecular flexibility index (Phi) is 7.17. The van der Waals surface area contributed by atoms with Crippen LogP contribution in [-0.4, -0.2) is 42.3 Å². The van der Waals surface area contributed by atoms with Crippen LogP contribution in [0, 0.1) is 5.82 Å². The summed E-state index contributed by atoms with van der Waals surface area (Å²) < 4.78 is 58.1. The molecule has 1 aliphatic carbocycles. The summed E-state index contributed by atoms with van der Waals surface area (Å²) in [6.45, 7) is 2.20. The van der Waals surface area contributed by atoms with E-state index in [4.69, 9.17) is 4.74 Å². The lowest BCUT2D eigenvalue weighted by Crippen LogP contribution is -2.37. The second-order valence-electron chi connectivity index (χ2n) is 8.03. The number of ether oxygens (including phenoxy) is 1. The van der Waals surface area contributed by atoms with Gasteiger partial charge in [-0.05, 0) is 43.9 Å². The first-order valence-electron chi connectivity index (χ1n) is 10.9. The number of hydrogen-bond acceptors (Lipinski definition) is 7. The molecule has 0 atom stereocenters. The van der Waals surface area contributed by atoms with Gasteiger partial charge in [0.1, 0.15) is 0 Å². The van der Waals surface area contributed by atoms with E-state index >= 15 is 0 Å². The topological polar surface area (TPSA) is 74.3 Å². The van der Waals surface area contributed by atoms with Crippen LogP contribution in [0.25, 0.3) is 0 Å². The Bertz CT molecular complexity index is 968. The largest absolute Gasteiger partial charge is 0.416 e. The number of anilines is 3. The van der Waals surface area contributed by atoms with Gasteiger partial charge in [0.15, 0.2) is 11.6 Å². The number of hydrogen-bond donors (Lipinski definition) is 3. The van der Waals surface area contributed by atoms with Crippen molar-refractivity contribution >= 4 is 17.5 Å². The summed E-state index contributed by atoms with van der Waals surface area (Å²) in [4.78, 5) is 10.0. The van der Waals surface area contributed by atoms with E-state index in [1.165, 1.54) is 11.6 Å². The molecule has 7 nitrogen and oxygen atoms in total. The molecular formula is C22H26F4N6O. The fraction of sp³-hybridized carbons (Fsp3) is 0.455. The van der Waals surface area contributed by atoms with Crippen molar-refractivity contribution in [2.24, 2.45) is 0 Å². The summed E-state index contributed by atoms with van der Waals surface area (Å²) >= 11 is 0. The predicted molar refractivity (Wildman–Crippen MR) is 117 cm³/mol. The standard InChI is InChI=1S/C22H26F4N6O/c23-19-14-27-21(30-20(19)32-8-10-33-11-9-32)31-28-13-15-4-6-17(7-5-15)29-18-3-1-2-16(12-18)22(24,25)26/h1-3,12-14,17,28-29H,4-11H2,(H,27,30,31). The smallest absolute Gasteiger partial charge is 0.382 e. The molecule has 0 amide bonds. The molecule has 0 bridgehead atoms. The quantitative estimate of drug-likeness (QED) is 0.432. The number of nitrogens with one attached hydrogen (secondary N) is 3. The molecule has 1 saturated heterocycles. The Balaban J connectivity index is 1.26. The van der Waals surface area contributed by atoms with Gasteiger partial charge in [-0.1, -0.05) is 11.6 Å². The number of nitrogens with zero attached hydrogens (tertiary/aromatic N) is 3. The SMILES string of the molecule is Fc1cnc(NNC=C2CCC(Nc3cccc(C(F)(F)F)c3)CC2)nc1N1CCOCC1. The van der Waals surface area contributed by atoms with E-state index in [2.05, 4.69) is 26.1 Å². The van der Waals surface area contributed by atoms with Gasteiger partial charge < -0.3 is 20.4 Å². The molecule has 11 heteroatoms. The van der Waals surface area contributed by atoms with Gasteiger partial charge in [0, 0.05) is 31.0 Å². The number of halogens is 4. The molecule has 1 aliphatic heterocycles. The average Bonchev–Trinajstić information content (AvgIpc) is 2.81. The first-order valence-corrected chi connectivity index (χ1v) is 10.9. The van der Waals surface area contributed by atoms with Crippen LogP contribution in [0.2, 0.25) is 0 Å². The number of aromatic nitrogens is 2. The molecule has 2 aromatic rings. The second kappa shape index (κ2) is 10.2. The highest BCUT2D eigenvalue weighted by atomic mass is 19.4. The molecule has 1 aromatic carbocycles. The fourth-order valence-electron chi connectivity index (χ4n) is 3.92. The van der Waals surface area contributed by atoms with Gasteiger partial charge in [0.05, 0.1) is 25.0 Å². The molecule has 0 spiro atoms. The summed E-state index contributed by atoms with van der Waals surface area (Å²) in [6.07, 6.45) is 1.83. The maximum Gasteiger partial charge on any atom is 0.416 e. The van der Waals surface area contributed by atoms with Crippen molar-refractivity contribution in [3.05, 3.63) is 53.6 Å². The van der Waals surface area contributed by atoms with Crippen LogP contribution in [0.4, 0.5) is 35.0 Å². The predicted octanol–water partition coefficient (Wildman–Crippen LogP) is 4.33. The second-order valence-corrected chi connectivity index (χ2v) is 8.03. The minimum atomic E-state index is -4.35. The van der Waals surface area contributed by atoms with Crippen LogP contribution in [0.15, 0.2) is 42.2 Å². The molecule has 0 radical (unpaired) electrons. The molecule has 2 aliphatic rings. The Morgan fingerprint density at radius 3 is 2.61 bits per heavy atom. The minimum absolute atomic E-state index is 0.107. The highest BCUT2D eigenvalue weighted by Crippen LogP contribution is 2.32. The third kappa shape index (κ3) is 6.25. The Morgan fingerprint density at radius 1 is 1.12 bits per heavy atom. The van der Waals surface area contributed by atoms with E-state index in [1.54, 1.807) is 6.07 Å². The number of benzene rings is 1. The van der Waals surface area contributed by atoms with Gasteiger partial charge >= 0.3 is 6.18 Å². The lowest BCUT2D eigenvalue weighted by atomic mass is 9.91. The van der Waals surface area contributed by atoms with Gasteiger partial charge in [-0.3, -0.25) is 5.43 Å². The van der Waals surface area contributed by atoms with Gasteiger partial charge in [0.25, 0.3) is 0 Å². The summed E-state index contributed by atoms with van der Waals surface area (Å²) in [5.74, 6) is 0.0217. The first-order chi connectivity index (χ1) is 15.9. The van der Waals surface area contributed by atoms with Gasteiger partial charge in [-0.25, -0.2) is 9.37 Å². The minimum Gasteiger partial charge on any atom is -0.382 e. The zero-order valence-electron chi connectivity index (χ0n) is 18.0. The van der Waals surface area contributed by atoms with Gasteiger partial charge in [-0.15, -0.1) is 0 Å². The average molecular weight is 466 g/mol. The van der Waals surface area contributed by atoms with E-state index in [-0.39, 0.29) is 17.8 Å². The fourth-order valence-corrected chi connectivity index (χ4v) is 3.92. The van der Waals surface area contributed by atoms with Crippen LogP contribution in [0.1, 0.15) is 31.2 Å². The van der Waals surface area contributed by atoms with Crippen LogP contribution in [0.3, 0.4) is 0 Å². The number of rotatable bonds is 6. The van der Waals surface area contributed by atoms with Crippen molar-refractivity contribution in [3.63, 3.8) is 0 Å². The molecule has 3 N–H and O–H groups in total. The van der Waals surface area contributed by atoms with Gasteiger partial charge in [0.2, 0.25) is 5.95 Å². The van der Waals surface area contributed by atoms with E-state index < -0.39 is 17.6 Å². The Morgan fingerprint density at radius 2 is 1.88 bits per heavy atom. The lowest BCUT2D eigenvalue weighted by Gasteiger charge is -2.28. The molecular weight excluding hydrogens is 440 g/mol. The Labute approximate surface area is 189 Å². The number of alkyl halides is 3. The molecule has 2 fully saturated rings. The molecule has 4 rings (SSSR count). The van der Waals surface area contributed by atoms with E-state index in [0.29, 0.717) is 32.0 Å². The number of allylic oxidation sites excluding steroid dienone is 1. The van der Waals surface area contributed by atoms with Crippen LogP contribution in [0.5, 0.6) is 0 Å². The molecule has 33 heavy (non-hydrogen) atoms. The van der Waals surface area contributed by atoms with Crippen molar-refractivity contribution in [2.45, 2.75) is 37.9 Å².